The van der Waals surface area contributed by atoms with Crippen LogP contribution in [0.4, 0.5) is 0 Å². The van der Waals surface area contributed by atoms with E-state index < -0.39 is 0 Å². The molecule has 13 heavy (non-hydrogen) atoms. The number of alkyl halides is 1. The summed E-state index contributed by atoms with van der Waals surface area (Å²) in [5.74, 6) is 0. The van der Waals surface area contributed by atoms with Gasteiger partial charge in [-0.25, -0.2) is 0 Å². The Hall–Kier alpha value is -0.630. The van der Waals surface area contributed by atoms with Crippen molar-refractivity contribution in [3.8, 4) is 0 Å². The Morgan fingerprint density at radius 2 is 2.38 bits per heavy atom. The molecule has 0 atom stereocenters. The summed E-state index contributed by atoms with van der Waals surface area (Å²) < 4.78 is 0. The molecule has 0 saturated heterocycles. The fourth-order valence-corrected chi connectivity index (χ4v) is 2.00. The fourth-order valence-electron chi connectivity index (χ4n) is 1.72. The first-order chi connectivity index (χ1) is 6.42. The van der Waals surface area contributed by atoms with Crippen LogP contribution in [-0.4, -0.2) is 10.3 Å². The van der Waals surface area contributed by atoms with Crippen molar-refractivity contribution in [3.63, 3.8) is 0 Å². The second-order valence-corrected chi connectivity index (χ2v) is 4.02. The normalized spacial score (nSPS) is 14.1. The fraction of sp³-hybridized carbons (Fsp3) is 0.364. The second-order valence-electron chi connectivity index (χ2n) is 3.22. The summed E-state index contributed by atoms with van der Waals surface area (Å²) in [7, 11) is 0. The molecular formula is C11H12BrN. The zero-order valence-corrected chi connectivity index (χ0v) is 9.05. The Morgan fingerprint density at radius 3 is 3.23 bits per heavy atom. The van der Waals surface area contributed by atoms with Gasteiger partial charge >= 0.3 is 0 Å². The van der Waals surface area contributed by atoms with Gasteiger partial charge in [0.05, 0.1) is 5.69 Å². The molecule has 1 aromatic heterocycles. The number of nitrogens with zero attached hydrogens (tertiary/aromatic N) is 1. The zero-order chi connectivity index (χ0) is 9.10. The van der Waals surface area contributed by atoms with Crippen molar-refractivity contribution in [2.75, 3.05) is 5.33 Å². The highest BCUT2D eigenvalue weighted by Crippen LogP contribution is 2.28. The van der Waals surface area contributed by atoms with Crippen molar-refractivity contribution < 1.29 is 0 Å². The highest BCUT2D eigenvalue weighted by Gasteiger charge is 2.13. The molecule has 0 aromatic carbocycles. The molecule has 0 saturated carbocycles. The Bertz CT molecular complexity index is 331. The molecule has 0 amide bonds. The van der Waals surface area contributed by atoms with E-state index in [4.69, 9.17) is 0 Å². The number of rotatable bonds is 3. The lowest BCUT2D eigenvalue weighted by atomic mass is 10.1. The molecule has 0 bridgehead atoms. The van der Waals surface area contributed by atoms with Gasteiger partial charge in [0.25, 0.3) is 0 Å². The second kappa shape index (κ2) is 4.05. The summed E-state index contributed by atoms with van der Waals surface area (Å²) in [4.78, 5) is 4.35. The number of hydrogen-bond acceptors (Lipinski definition) is 1. The molecule has 0 radical (unpaired) electrons. The smallest absolute Gasteiger partial charge is 0.0516 e. The summed E-state index contributed by atoms with van der Waals surface area (Å²) in [6.07, 6.45) is 7.58. The van der Waals surface area contributed by atoms with Crippen LogP contribution in [-0.2, 0) is 6.42 Å². The molecule has 1 heterocycles. The minimum Gasteiger partial charge on any atom is -0.260 e. The quantitative estimate of drug-likeness (QED) is 0.737. The van der Waals surface area contributed by atoms with Crippen LogP contribution in [0, 0.1) is 0 Å². The molecule has 68 valence electrons. The van der Waals surface area contributed by atoms with E-state index >= 15 is 0 Å². The molecule has 1 nitrogen and oxygen atoms in total. The number of aromatic nitrogens is 1. The molecule has 1 aliphatic carbocycles. The molecule has 1 aliphatic rings. The third-order valence-corrected chi connectivity index (χ3v) is 2.92. The Balaban J connectivity index is 2.16. The number of allylic oxidation sites excluding steroid dienone is 2. The maximum Gasteiger partial charge on any atom is 0.0516 e. The Morgan fingerprint density at radius 1 is 1.46 bits per heavy atom. The first kappa shape index (κ1) is 8.95. The lowest BCUT2D eigenvalue weighted by molar-refractivity contribution is 0.995. The van der Waals surface area contributed by atoms with Crippen LogP contribution < -0.4 is 0 Å². The van der Waals surface area contributed by atoms with E-state index in [-0.39, 0.29) is 0 Å². The molecule has 1 aromatic rings. The third-order valence-electron chi connectivity index (χ3n) is 2.36. The first-order valence-electron chi connectivity index (χ1n) is 4.61. The van der Waals surface area contributed by atoms with Crippen LogP contribution in [0.25, 0.3) is 5.57 Å². The topological polar surface area (TPSA) is 12.9 Å². The summed E-state index contributed by atoms with van der Waals surface area (Å²) >= 11 is 3.45. The predicted octanol–water partition coefficient (Wildman–Crippen LogP) is 3.20. The van der Waals surface area contributed by atoms with Crippen molar-refractivity contribution in [1.82, 2.24) is 4.98 Å². The molecule has 0 spiro atoms. The van der Waals surface area contributed by atoms with Gasteiger partial charge in [0.2, 0.25) is 0 Å². The number of fused-ring (bicyclic) bond motifs is 1. The van der Waals surface area contributed by atoms with Crippen LogP contribution in [0.1, 0.15) is 24.1 Å². The largest absolute Gasteiger partial charge is 0.260 e. The zero-order valence-electron chi connectivity index (χ0n) is 7.46. The molecule has 2 heteroatoms. The van der Waals surface area contributed by atoms with E-state index in [0.717, 1.165) is 11.8 Å². The van der Waals surface area contributed by atoms with Crippen LogP contribution >= 0.6 is 15.9 Å². The van der Waals surface area contributed by atoms with Gasteiger partial charge in [-0.2, -0.15) is 0 Å². The maximum absolute atomic E-state index is 4.35. The first-order valence-corrected chi connectivity index (χ1v) is 5.73. The van der Waals surface area contributed by atoms with Crippen LogP contribution in [0.15, 0.2) is 24.4 Å². The standard InChI is InChI=1S/C11H12BrN/c12-7-1-3-9-5-6-11-10(9)4-2-8-13-11/h2,4-5,8H,1,3,6-7H2. The number of halogens is 1. The van der Waals surface area contributed by atoms with Crippen molar-refractivity contribution in [1.29, 1.82) is 0 Å². The van der Waals surface area contributed by atoms with Crippen LogP contribution in [0.2, 0.25) is 0 Å². The van der Waals surface area contributed by atoms with Gasteiger partial charge < -0.3 is 0 Å². The number of pyridine rings is 1. The van der Waals surface area contributed by atoms with Crippen LogP contribution in [0.5, 0.6) is 0 Å². The lowest BCUT2D eigenvalue weighted by Crippen LogP contribution is -1.88. The summed E-state index contributed by atoms with van der Waals surface area (Å²) in [6, 6.07) is 4.20. The van der Waals surface area contributed by atoms with Gasteiger partial charge in [0.1, 0.15) is 0 Å². The van der Waals surface area contributed by atoms with E-state index in [1.807, 2.05) is 12.3 Å². The van der Waals surface area contributed by atoms with Crippen LogP contribution in [0.3, 0.4) is 0 Å². The molecule has 0 aliphatic heterocycles. The lowest BCUT2D eigenvalue weighted by Gasteiger charge is -2.02. The van der Waals surface area contributed by atoms with E-state index in [2.05, 4.69) is 33.1 Å². The molecule has 2 rings (SSSR count). The third kappa shape index (κ3) is 1.83. The van der Waals surface area contributed by atoms with Crippen molar-refractivity contribution in [3.05, 3.63) is 35.7 Å². The van der Waals surface area contributed by atoms with E-state index in [1.54, 1.807) is 0 Å². The van der Waals surface area contributed by atoms with E-state index in [9.17, 15) is 0 Å². The Kier molecular flexibility index (Phi) is 2.79. The highest BCUT2D eigenvalue weighted by molar-refractivity contribution is 9.09. The summed E-state index contributed by atoms with van der Waals surface area (Å²) in [6.45, 7) is 0. The van der Waals surface area contributed by atoms with E-state index in [1.165, 1.54) is 29.7 Å². The SMILES string of the molecule is BrCCCC1=CCc2ncccc21. The van der Waals surface area contributed by atoms with E-state index in [0.29, 0.717) is 0 Å². The minimum absolute atomic E-state index is 1.02. The average Bonchev–Trinajstić information content (AvgIpc) is 2.58. The van der Waals surface area contributed by atoms with Crippen molar-refractivity contribution in [2.24, 2.45) is 0 Å². The van der Waals surface area contributed by atoms with Gasteiger partial charge in [-0.3, -0.25) is 4.98 Å². The van der Waals surface area contributed by atoms with Gasteiger partial charge in [0, 0.05) is 17.9 Å². The number of hydrogen-bond donors (Lipinski definition) is 0. The molecule has 0 fully saturated rings. The van der Waals surface area contributed by atoms with Crippen molar-refractivity contribution in [2.45, 2.75) is 19.3 Å². The van der Waals surface area contributed by atoms with Gasteiger partial charge in [-0.15, -0.1) is 0 Å². The molecular weight excluding hydrogens is 226 g/mol. The summed E-state index contributed by atoms with van der Waals surface area (Å²) in [5, 5.41) is 1.08. The van der Waals surface area contributed by atoms with Gasteiger partial charge in [-0.1, -0.05) is 28.1 Å². The molecule has 0 N–H and O–H groups in total. The predicted molar refractivity (Wildman–Crippen MR) is 58.9 cm³/mol. The van der Waals surface area contributed by atoms with Gasteiger partial charge in [-0.05, 0) is 30.0 Å². The van der Waals surface area contributed by atoms with Crippen molar-refractivity contribution >= 4 is 21.5 Å². The minimum atomic E-state index is 1.02. The monoisotopic (exact) mass is 237 g/mol. The average molecular weight is 238 g/mol. The highest BCUT2D eigenvalue weighted by atomic mass is 79.9. The Labute approximate surface area is 87.0 Å². The summed E-state index contributed by atoms with van der Waals surface area (Å²) in [5.41, 5.74) is 4.08. The van der Waals surface area contributed by atoms with Gasteiger partial charge in [0.15, 0.2) is 0 Å². The maximum atomic E-state index is 4.35. The molecule has 0 unspecified atom stereocenters.